The van der Waals surface area contributed by atoms with Crippen LogP contribution in [0.25, 0.3) is 0 Å². The van der Waals surface area contributed by atoms with Crippen molar-refractivity contribution in [3.8, 4) is 0 Å². The lowest BCUT2D eigenvalue weighted by atomic mass is 10.1. The summed E-state index contributed by atoms with van der Waals surface area (Å²) in [5.41, 5.74) is 0. The first-order chi connectivity index (χ1) is 5.72. The minimum atomic E-state index is 0.101. The van der Waals surface area contributed by atoms with Crippen molar-refractivity contribution in [3.05, 3.63) is 0 Å². The number of piperidine rings is 1. The Bertz CT molecular complexity index is 155. The van der Waals surface area contributed by atoms with Crippen LogP contribution in [0.3, 0.4) is 0 Å². The fourth-order valence-electron chi connectivity index (χ4n) is 1.42. The zero-order chi connectivity index (χ0) is 8.97. The molecule has 0 aromatic carbocycles. The van der Waals surface area contributed by atoms with Gasteiger partial charge in [0, 0.05) is 6.04 Å². The summed E-state index contributed by atoms with van der Waals surface area (Å²) in [5.74, 6) is 0.101. The second kappa shape index (κ2) is 4.82. The van der Waals surface area contributed by atoms with Gasteiger partial charge >= 0.3 is 0 Å². The number of hydrogen-bond acceptors (Lipinski definition) is 2. The molecule has 1 heterocycles. The van der Waals surface area contributed by atoms with Crippen molar-refractivity contribution in [3.63, 3.8) is 0 Å². The number of likely N-dealkylation sites (tertiary alicyclic amines) is 1. The SMILES string of the molecule is CN1CCC(NC(=O)CBr)CC1. The van der Waals surface area contributed by atoms with Gasteiger partial charge in [-0.1, -0.05) is 15.9 Å². The number of amides is 1. The van der Waals surface area contributed by atoms with Crippen LogP contribution in [-0.2, 0) is 4.79 Å². The van der Waals surface area contributed by atoms with Gasteiger partial charge in [0.2, 0.25) is 5.91 Å². The summed E-state index contributed by atoms with van der Waals surface area (Å²) in [5, 5.41) is 3.39. The molecular weight excluding hydrogens is 220 g/mol. The van der Waals surface area contributed by atoms with Gasteiger partial charge in [-0.2, -0.15) is 0 Å². The molecule has 1 aliphatic rings. The molecule has 1 aliphatic heterocycles. The zero-order valence-corrected chi connectivity index (χ0v) is 8.93. The number of rotatable bonds is 2. The van der Waals surface area contributed by atoms with Gasteiger partial charge in [0.1, 0.15) is 0 Å². The molecule has 1 rings (SSSR count). The first kappa shape index (κ1) is 9.99. The summed E-state index contributed by atoms with van der Waals surface area (Å²) in [6, 6.07) is 0.395. The summed E-state index contributed by atoms with van der Waals surface area (Å²) in [4.78, 5) is 13.3. The van der Waals surface area contributed by atoms with Crippen molar-refractivity contribution in [2.75, 3.05) is 25.5 Å². The minimum absolute atomic E-state index is 0.101. The van der Waals surface area contributed by atoms with Crippen LogP contribution in [0.5, 0.6) is 0 Å². The topological polar surface area (TPSA) is 32.3 Å². The third-order valence-corrected chi connectivity index (χ3v) is 2.71. The van der Waals surface area contributed by atoms with E-state index in [0.717, 1.165) is 25.9 Å². The Hall–Kier alpha value is -0.0900. The molecular formula is C8H15BrN2O. The lowest BCUT2D eigenvalue weighted by molar-refractivity contribution is -0.119. The molecule has 0 spiro atoms. The van der Waals surface area contributed by atoms with E-state index in [1.165, 1.54) is 0 Å². The van der Waals surface area contributed by atoms with E-state index in [1.54, 1.807) is 0 Å². The second-order valence-electron chi connectivity index (χ2n) is 3.28. The van der Waals surface area contributed by atoms with Gasteiger partial charge in [-0.05, 0) is 33.0 Å². The van der Waals surface area contributed by atoms with Crippen molar-refractivity contribution >= 4 is 21.8 Å². The number of alkyl halides is 1. The molecule has 0 unspecified atom stereocenters. The Morgan fingerprint density at radius 3 is 2.67 bits per heavy atom. The first-order valence-electron chi connectivity index (χ1n) is 4.26. The van der Waals surface area contributed by atoms with Crippen molar-refractivity contribution in [1.82, 2.24) is 10.2 Å². The zero-order valence-electron chi connectivity index (χ0n) is 7.35. The highest BCUT2D eigenvalue weighted by Crippen LogP contribution is 2.07. The molecule has 4 heteroatoms. The predicted molar refractivity (Wildman–Crippen MR) is 52.5 cm³/mol. The van der Waals surface area contributed by atoms with Crippen molar-refractivity contribution in [2.45, 2.75) is 18.9 Å². The monoisotopic (exact) mass is 234 g/mol. The van der Waals surface area contributed by atoms with E-state index in [0.29, 0.717) is 11.4 Å². The largest absolute Gasteiger partial charge is 0.353 e. The van der Waals surface area contributed by atoms with E-state index in [2.05, 4.69) is 33.2 Å². The van der Waals surface area contributed by atoms with E-state index in [4.69, 9.17) is 0 Å². The molecule has 0 radical (unpaired) electrons. The molecule has 0 atom stereocenters. The maximum absolute atomic E-state index is 11.0. The number of nitrogens with zero attached hydrogens (tertiary/aromatic N) is 1. The van der Waals surface area contributed by atoms with E-state index in [-0.39, 0.29) is 5.91 Å². The quantitative estimate of drug-likeness (QED) is 0.710. The molecule has 1 fully saturated rings. The Morgan fingerprint density at radius 2 is 2.17 bits per heavy atom. The average Bonchev–Trinajstić information content (AvgIpc) is 2.09. The second-order valence-corrected chi connectivity index (χ2v) is 3.84. The summed E-state index contributed by atoms with van der Waals surface area (Å²) in [6.45, 7) is 2.18. The summed E-state index contributed by atoms with van der Waals surface area (Å²) in [7, 11) is 2.11. The van der Waals surface area contributed by atoms with Crippen molar-refractivity contribution < 1.29 is 4.79 Å². The highest BCUT2D eigenvalue weighted by atomic mass is 79.9. The van der Waals surface area contributed by atoms with Crippen LogP contribution < -0.4 is 5.32 Å². The molecule has 0 aromatic rings. The lowest BCUT2D eigenvalue weighted by Gasteiger charge is -2.29. The van der Waals surface area contributed by atoms with Crippen LogP contribution in [0.1, 0.15) is 12.8 Å². The molecule has 12 heavy (non-hydrogen) atoms. The van der Waals surface area contributed by atoms with Crippen LogP contribution in [0.4, 0.5) is 0 Å². The summed E-state index contributed by atoms with van der Waals surface area (Å²) < 4.78 is 0. The fourth-order valence-corrected chi connectivity index (χ4v) is 1.58. The Labute approximate surface area is 81.6 Å². The smallest absolute Gasteiger partial charge is 0.230 e. The molecule has 1 amide bonds. The Morgan fingerprint density at radius 1 is 1.58 bits per heavy atom. The first-order valence-corrected chi connectivity index (χ1v) is 5.38. The molecule has 0 bridgehead atoms. The van der Waals surface area contributed by atoms with Gasteiger partial charge in [0.05, 0.1) is 5.33 Å². The lowest BCUT2D eigenvalue weighted by Crippen LogP contribution is -2.43. The van der Waals surface area contributed by atoms with Crippen LogP contribution in [0.2, 0.25) is 0 Å². The normalized spacial score (nSPS) is 20.8. The van der Waals surface area contributed by atoms with Gasteiger partial charge in [-0.25, -0.2) is 0 Å². The van der Waals surface area contributed by atoms with E-state index >= 15 is 0 Å². The van der Waals surface area contributed by atoms with Gasteiger partial charge in [0.25, 0.3) is 0 Å². The van der Waals surface area contributed by atoms with Crippen LogP contribution in [0.15, 0.2) is 0 Å². The number of carbonyl (C=O) groups is 1. The van der Waals surface area contributed by atoms with Crippen molar-refractivity contribution in [2.24, 2.45) is 0 Å². The molecule has 0 saturated carbocycles. The summed E-state index contributed by atoms with van der Waals surface area (Å²) in [6.07, 6.45) is 2.16. The molecule has 3 nitrogen and oxygen atoms in total. The van der Waals surface area contributed by atoms with Crippen molar-refractivity contribution in [1.29, 1.82) is 0 Å². The van der Waals surface area contributed by atoms with Crippen LogP contribution in [-0.4, -0.2) is 42.3 Å². The minimum Gasteiger partial charge on any atom is -0.353 e. The molecule has 70 valence electrons. The molecule has 0 aromatic heterocycles. The average molecular weight is 235 g/mol. The van der Waals surface area contributed by atoms with Gasteiger partial charge in [-0.3, -0.25) is 4.79 Å². The van der Waals surface area contributed by atoms with E-state index in [9.17, 15) is 4.79 Å². The standard InChI is InChI=1S/C8H15BrN2O/c1-11-4-2-7(3-5-11)10-8(12)6-9/h7H,2-6H2,1H3,(H,10,12). The third kappa shape index (κ3) is 3.11. The molecule has 1 N–H and O–H groups in total. The van der Waals surface area contributed by atoms with Gasteiger partial charge in [0.15, 0.2) is 0 Å². The Balaban J connectivity index is 2.21. The summed E-state index contributed by atoms with van der Waals surface area (Å²) >= 11 is 3.13. The van der Waals surface area contributed by atoms with Crippen LogP contribution in [0, 0.1) is 0 Å². The number of halogens is 1. The Kier molecular flexibility index (Phi) is 4.01. The van der Waals surface area contributed by atoms with Gasteiger partial charge in [-0.15, -0.1) is 0 Å². The van der Waals surface area contributed by atoms with E-state index < -0.39 is 0 Å². The van der Waals surface area contributed by atoms with E-state index in [1.807, 2.05) is 0 Å². The number of hydrogen-bond donors (Lipinski definition) is 1. The highest BCUT2D eigenvalue weighted by molar-refractivity contribution is 9.09. The maximum atomic E-state index is 11.0. The number of nitrogens with one attached hydrogen (secondary N) is 1. The highest BCUT2D eigenvalue weighted by Gasteiger charge is 2.17. The third-order valence-electron chi connectivity index (χ3n) is 2.21. The fraction of sp³-hybridized carbons (Fsp3) is 0.875. The van der Waals surface area contributed by atoms with Crippen LogP contribution >= 0.6 is 15.9 Å². The molecule has 1 saturated heterocycles. The van der Waals surface area contributed by atoms with Gasteiger partial charge < -0.3 is 10.2 Å². The molecule has 0 aliphatic carbocycles. The number of carbonyl (C=O) groups excluding carboxylic acids is 1. The predicted octanol–water partition coefficient (Wildman–Crippen LogP) is 0.592. The maximum Gasteiger partial charge on any atom is 0.230 e.